The first kappa shape index (κ1) is 23.4. The first-order valence-corrected chi connectivity index (χ1v) is 12.0. The molecule has 176 valence electrons. The quantitative estimate of drug-likeness (QED) is 0.675. The molecule has 1 aromatic heterocycles. The Balaban J connectivity index is 1.59. The van der Waals surface area contributed by atoms with E-state index in [4.69, 9.17) is 20.2 Å². The molecular formula is C25H38N4O3. The number of amides is 1. The van der Waals surface area contributed by atoms with E-state index in [0.29, 0.717) is 18.8 Å². The number of nitrogens with one attached hydrogen (secondary N) is 1. The van der Waals surface area contributed by atoms with Gasteiger partial charge in [0.2, 0.25) is 0 Å². The van der Waals surface area contributed by atoms with Crippen LogP contribution in [0.5, 0.6) is 0 Å². The molecule has 7 heteroatoms. The molecule has 3 N–H and O–H groups in total. The van der Waals surface area contributed by atoms with Crippen LogP contribution in [0.15, 0.2) is 18.2 Å². The molecule has 0 atom stereocenters. The number of primary amides is 1. The van der Waals surface area contributed by atoms with Gasteiger partial charge in [-0.15, -0.1) is 0 Å². The Morgan fingerprint density at radius 1 is 1.12 bits per heavy atom. The molecule has 2 aliphatic heterocycles. The highest BCUT2D eigenvalue weighted by atomic mass is 16.5. The predicted molar refractivity (Wildman–Crippen MR) is 125 cm³/mol. The lowest BCUT2D eigenvalue weighted by atomic mass is 9.77. The Bertz CT molecular complexity index is 840. The standard InChI is InChI=1S/C25H38N4O3/c1-24(2)7-5-19(6-8-24)22-20(23(26)30)3-4-21(28-22)25(9-15-31-16-10-25)27-11-12-29-13-17-32-18-14-29/h3-5,27H,6-18H2,1-2H3,(H2,26,30). The van der Waals surface area contributed by atoms with Gasteiger partial charge in [0.15, 0.2) is 0 Å². The van der Waals surface area contributed by atoms with Crippen molar-refractivity contribution in [1.82, 2.24) is 15.2 Å². The Kier molecular flexibility index (Phi) is 7.30. The number of morpholine rings is 1. The SMILES string of the molecule is CC1(C)CC=C(c2nc(C3(NCCN4CCOCC4)CCOCC3)ccc2C(N)=O)CC1. The van der Waals surface area contributed by atoms with Gasteiger partial charge in [-0.25, -0.2) is 0 Å². The number of aromatic nitrogens is 1. The molecule has 3 aliphatic rings. The van der Waals surface area contributed by atoms with Gasteiger partial charge < -0.3 is 20.5 Å². The first-order chi connectivity index (χ1) is 15.4. The molecule has 7 nitrogen and oxygen atoms in total. The van der Waals surface area contributed by atoms with E-state index in [-0.39, 0.29) is 11.0 Å². The summed E-state index contributed by atoms with van der Waals surface area (Å²) < 4.78 is 11.2. The van der Waals surface area contributed by atoms with Crippen molar-refractivity contribution in [2.24, 2.45) is 11.1 Å². The molecule has 4 rings (SSSR count). The summed E-state index contributed by atoms with van der Waals surface area (Å²) in [5.74, 6) is -0.411. The second kappa shape index (κ2) is 10.00. The van der Waals surface area contributed by atoms with Crippen molar-refractivity contribution in [3.05, 3.63) is 35.2 Å². The third kappa shape index (κ3) is 5.39. The van der Waals surface area contributed by atoms with Crippen LogP contribution in [0.4, 0.5) is 0 Å². The molecule has 0 bridgehead atoms. The molecule has 2 fully saturated rings. The maximum absolute atomic E-state index is 12.2. The minimum absolute atomic E-state index is 0.246. The van der Waals surface area contributed by atoms with Crippen molar-refractivity contribution in [3.63, 3.8) is 0 Å². The number of nitrogens with two attached hydrogens (primary N) is 1. The van der Waals surface area contributed by atoms with Gasteiger partial charge in [-0.1, -0.05) is 19.9 Å². The van der Waals surface area contributed by atoms with E-state index in [9.17, 15) is 4.79 Å². The summed E-state index contributed by atoms with van der Waals surface area (Å²) in [6.07, 6.45) is 6.98. The van der Waals surface area contributed by atoms with Gasteiger partial charge in [-0.3, -0.25) is 14.7 Å². The Morgan fingerprint density at radius 3 is 2.50 bits per heavy atom. The lowest BCUT2D eigenvalue weighted by Gasteiger charge is -2.39. The number of nitrogens with zero attached hydrogens (tertiary/aromatic N) is 2. The van der Waals surface area contributed by atoms with Gasteiger partial charge in [-0.2, -0.15) is 0 Å². The van der Waals surface area contributed by atoms with E-state index in [1.165, 1.54) is 0 Å². The zero-order chi connectivity index (χ0) is 22.6. The van der Waals surface area contributed by atoms with Crippen LogP contribution in [0.1, 0.15) is 67.7 Å². The summed E-state index contributed by atoms with van der Waals surface area (Å²) in [6.45, 7) is 11.4. The zero-order valence-corrected chi connectivity index (χ0v) is 19.6. The fourth-order valence-corrected chi connectivity index (χ4v) is 4.98. The summed E-state index contributed by atoms with van der Waals surface area (Å²) in [6, 6.07) is 3.87. The van der Waals surface area contributed by atoms with E-state index >= 15 is 0 Å². The molecule has 0 saturated carbocycles. The second-order valence-electron chi connectivity index (χ2n) is 10.1. The molecule has 0 spiro atoms. The van der Waals surface area contributed by atoms with E-state index in [1.54, 1.807) is 0 Å². The predicted octanol–water partition coefficient (Wildman–Crippen LogP) is 2.70. The van der Waals surface area contributed by atoms with Crippen LogP contribution in [-0.2, 0) is 15.0 Å². The fourth-order valence-electron chi connectivity index (χ4n) is 4.98. The number of carbonyl (C=O) groups excluding carboxylic acids is 1. The minimum Gasteiger partial charge on any atom is -0.381 e. The van der Waals surface area contributed by atoms with Crippen LogP contribution in [0.3, 0.4) is 0 Å². The van der Waals surface area contributed by atoms with Crippen molar-refractivity contribution in [2.75, 3.05) is 52.6 Å². The van der Waals surface area contributed by atoms with E-state index in [0.717, 1.165) is 88.5 Å². The minimum atomic E-state index is -0.411. The van der Waals surface area contributed by atoms with Gasteiger partial charge in [0.25, 0.3) is 5.91 Å². The van der Waals surface area contributed by atoms with Gasteiger partial charge in [0, 0.05) is 39.4 Å². The largest absolute Gasteiger partial charge is 0.381 e. The van der Waals surface area contributed by atoms with Crippen LogP contribution >= 0.6 is 0 Å². The summed E-state index contributed by atoms with van der Waals surface area (Å²) >= 11 is 0. The third-order valence-corrected chi connectivity index (χ3v) is 7.27. The maximum Gasteiger partial charge on any atom is 0.250 e. The highest BCUT2D eigenvalue weighted by Gasteiger charge is 2.36. The number of allylic oxidation sites excluding steroid dienone is 2. The molecule has 1 aliphatic carbocycles. The van der Waals surface area contributed by atoms with Crippen molar-refractivity contribution < 1.29 is 14.3 Å². The molecular weight excluding hydrogens is 404 g/mol. The summed E-state index contributed by atoms with van der Waals surface area (Å²) in [7, 11) is 0. The Morgan fingerprint density at radius 2 is 1.84 bits per heavy atom. The summed E-state index contributed by atoms with van der Waals surface area (Å²) in [5, 5.41) is 3.83. The van der Waals surface area contributed by atoms with Crippen LogP contribution in [0.25, 0.3) is 5.57 Å². The highest BCUT2D eigenvalue weighted by molar-refractivity contribution is 5.97. The van der Waals surface area contributed by atoms with Crippen molar-refractivity contribution in [2.45, 2.75) is 51.5 Å². The van der Waals surface area contributed by atoms with Crippen molar-refractivity contribution in [3.8, 4) is 0 Å². The maximum atomic E-state index is 12.2. The van der Waals surface area contributed by atoms with Crippen LogP contribution in [-0.4, -0.2) is 68.4 Å². The van der Waals surface area contributed by atoms with Crippen molar-refractivity contribution >= 4 is 11.5 Å². The van der Waals surface area contributed by atoms with E-state index in [2.05, 4.69) is 30.1 Å². The number of rotatable bonds is 7. The van der Waals surface area contributed by atoms with Gasteiger partial charge in [0.1, 0.15) is 0 Å². The van der Waals surface area contributed by atoms with Gasteiger partial charge in [0.05, 0.1) is 35.7 Å². The zero-order valence-electron chi connectivity index (χ0n) is 19.6. The van der Waals surface area contributed by atoms with Crippen LogP contribution in [0, 0.1) is 5.41 Å². The van der Waals surface area contributed by atoms with Gasteiger partial charge >= 0.3 is 0 Å². The van der Waals surface area contributed by atoms with Gasteiger partial charge in [-0.05, 0) is 55.2 Å². The molecule has 3 heterocycles. The molecule has 32 heavy (non-hydrogen) atoms. The lowest BCUT2D eigenvalue weighted by molar-refractivity contribution is 0.0242. The topological polar surface area (TPSA) is 89.7 Å². The first-order valence-electron chi connectivity index (χ1n) is 12.0. The average molecular weight is 443 g/mol. The van der Waals surface area contributed by atoms with Crippen LogP contribution < -0.4 is 11.1 Å². The van der Waals surface area contributed by atoms with E-state index < -0.39 is 5.91 Å². The molecule has 0 unspecified atom stereocenters. The number of carbonyl (C=O) groups is 1. The average Bonchev–Trinajstić information content (AvgIpc) is 2.80. The number of ether oxygens (including phenoxy) is 2. The molecule has 1 aromatic rings. The number of pyridine rings is 1. The molecule has 0 aromatic carbocycles. The number of hydrogen-bond acceptors (Lipinski definition) is 6. The third-order valence-electron chi connectivity index (χ3n) is 7.27. The lowest BCUT2D eigenvalue weighted by Crippen LogP contribution is -2.50. The van der Waals surface area contributed by atoms with Crippen molar-refractivity contribution in [1.29, 1.82) is 0 Å². The molecule has 2 saturated heterocycles. The number of hydrogen-bond donors (Lipinski definition) is 2. The summed E-state index contributed by atoms with van der Waals surface area (Å²) in [5.41, 5.74) is 9.22. The molecule has 0 radical (unpaired) electrons. The molecule has 1 amide bonds. The highest BCUT2D eigenvalue weighted by Crippen LogP contribution is 2.39. The monoisotopic (exact) mass is 442 g/mol. The van der Waals surface area contributed by atoms with E-state index in [1.807, 2.05) is 12.1 Å². The summed E-state index contributed by atoms with van der Waals surface area (Å²) in [4.78, 5) is 19.8. The fraction of sp³-hybridized carbons (Fsp3) is 0.680. The Labute approximate surface area is 191 Å². The van der Waals surface area contributed by atoms with Crippen LogP contribution in [0.2, 0.25) is 0 Å². The second-order valence-corrected chi connectivity index (χ2v) is 10.1. The normalized spacial score (nSPS) is 23.5. The smallest absolute Gasteiger partial charge is 0.250 e. The Hall–Kier alpha value is -1.80.